The Hall–Kier alpha value is -2.69. The molecule has 0 aliphatic carbocycles. The molecular formula is C16H16N2O3. The third-order valence-corrected chi connectivity index (χ3v) is 3.40. The minimum atomic E-state index is -0.489. The van der Waals surface area contributed by atoms with Gasteiger partial charge in [-0.25, -0.2) is 0 Å². The van der Waals surface area contributed by atoms with E-state index in [1.54, 1.807) is 12.1 Å². The Kier molecular flexibility index (Phi) is 4.03. The number of benzene rings is 2. The second kappa shape index (κ2) is 5.75. The number of nitro groups is 1. The fraction of sp³-hybridized carbons (Fsp3) is 0.188. The van der Waals surface area contributed by atoms with Gasteiger partial charge < -0.3 is 5.32 Å². The van der Waals surface area contributed by atoms with Crippen molar-refractivity contribution in [2.75, 3.05) is 5.32 Å². The summed E-state index contributed by atoms with van der Waals surface area (Å²) in [5, 5.41) is 13.4. The van der Waals surface area contributed by atoms with Crippen molar-refractivity contribution in [2.24, 2.45) is 0 Å². The van der Waals surface area contributed by atoms with Gasteiger partial charge in [0.15, 0.2) is 0 Å². The van der Waals surface area contributed by atoms with Crippen LogP contribution in [0.15, 0.2) is 36.4 Å². The molecule has 0 saturated heterocycles. The Morgan fingerprint density at radius 3 is 2.38 bits per heavy atom. The highest BCUT2D eigenvalue weighted by Gasteiger charge is 2.12. The summed E-state index contributed by atoms with van der Waals surface area (Å²) in [6, 6.07) is 9.68. The lowest BCUT2D eigenvalue weighted by atomic mass is 10.0. The van der Waals surface area contributed by atoms with Crippen molar-refractivity contribution in [3.63, 3.8) is 0 Å². The third-order valence-electron chi connectivity index (χ3n) is 3.40. The summed E-state index contributed by atoms with van der Waals surface area (Å²) >= 11 is 0. The van der Waals surface area contributed by atoms with E-state index in [2.05, 4.69) is 5.32 Å². The minimum absolute atomic E-state index is 0.0513. The van der Waals surface area contributed by atoms with Crippen LogP contribution in [0.1, 0.15) is 27.0 Å². The fourth-order valence-electron chi connectivity index (χ4n) is 2.10. The summed E-state index contributed by atoms with van der Waals surface area (Å²) in [7, 11) is 0. The van der Waals surface area contributed by atoms with E-state index in [1.165, 1.54) is 12.1 Å². The number of anilines is 1. The van der Waals surface area contributed by atoms with Crippen molar-refractivity contribution in [1.29, 1.82) is 0 Å². The van der Waals surface area contributed by atoms with Gasteiger partial charge in [0.05, 0.1) is 4.92 Å². The molecule has 0 spiro atoms. The maximum absolute atomic E-state index is 12.3. The molecule has 0 heterocycles. The molecule has 0 unspecified atom stereocenters. The molecule has 5 heteroatoms. The van der Waals surface area contributed by atoms with Gasteiger partial charge in [0.25, 0.3) is 11.6 Å². The first-order valence-corrected chi connectivity index (χ1v) is 6.52. The molecule has 5 nitrogen and oxygen atoms in total. The molecule has 2 rings (SSSR count). The Balaban J connectivity index is 2.28. The lowest BCUT2D eigenvalue weighted by molar-refractivity contribution is -0.384. The van der Waals surface area contributed by atoms with Crippen LogP contribution in [0.25, 0.3) is 0 Å². The lowest BCUT2D eigenvalue weighted by Gasteiger charge is -2.10. The number of hydrogen-bond donors (Lipinski definition) is 1. The summed E-state index contributed by atoms with van der Waals surface area (Å²) < 4.78 is 0. The lowest BCUT2D eigenvalue weighted by Crippen LogP contribution is -2.14. The molecule has 21 heavy (non-hydrogen) atoms. The smallest absolute Gasteiger partial charge is 0.271 e. The van der Waals surface area contributed by atoms with Crippen LogP contribution in [0.3, 0.4) is 0 Å². The van der Waals surface area contributed by atoms with Crippen molar-refractivity contribution in [2.45, 2.75) is 20.8 Å². The van der Waals surface area contributed by atoms with E-state index in [4.69, 9.17) is 0 Å². The van der Waals surface area contributed by atoms with E-state index in [0.29, 0.717) is 11.3 Å². The molecule has 0 radical (unpaired) electrons. The van der Waals surface area contributed by atoms with Crippen molar-refractivity contribution < 1.29 is 9.72 Å². The number of nitrogens with zero attached hydrogens (tertiary/aromatic N) is 1. The van der Waals surface area contributed by atoms with Gasteiger partial charge in [-0.2, -0.15) is 0 Å². The Bertz CT molecular complexity index is 723. The van der Waals surface area contributed by atoms with Crippen LogP contribution in [-0.2, 0) is 0 Å². The molecule has 0 aliphatic heterocycles. The predicted octanol–water partition coefficient (Wildman–Crippen LogP) is 3.77. The summed E-state index contributed by atoms with van der Waals surface area (Å²) in [6.45, 7) is 5.80. The summed E-state index contributed by atoms with van der Waals surface area (Å²) in [5.41, 5.74) is 3.96. The second-order valence-electron chi connectivity index (χ2n) is 5.01. The zero-order valence-electron chi connectivity index (χ0n) is 12.1. The highest BCUT2D eigenvalue weighted by molar-refractivity contribution is 6.05. The van der Waals surface area contributed by atoms with Gasteiger partial charge in [0.2, 0.25) is 0 Å². The number of carbonyl (C=O) groups excluding carboxylic acids is 1. The van der Waals surface area contributed by atoms with Crippen LogP contribution >= 0.6 is 0 Å². The first kappa shape index (κ1) is 14.7. The number of non-ortho nitro benzene ring substituents is 1. The predicted molar refractivity (Wildman–Crippen MR) is 81.7 cm³/mol. The molecule has 0 atom stereocenters. The molecule has 0 bridgehead atoms. The standard InChI is InChI=1S/C16H16N2O3/c1-10-7-12(3)15(8-11(10)2)16(19)17-13-5-4-6-14(9-13)18(20)21/h4-9H,1-3H3,(H,17,19). The van der Waals surface area contributed by atoms with E-state index in [-0.39, 0.29) is 11.6 Å². The Labute approximate surface area is 122 Å². The molecular weight excluding hydrogens is 268 g/mol. The average Bonchev–Trinajstić information content (AvgIpc) is 2.43. The van der Waals surface area contributed by atoms with Crippen LogP contribution in [0, 0.1) is 30.9 Å². The normalized spacial score (nSPS) is 10.2. The third kappa shape index (κ3) is 3.25. The average molecular weight is 284 g/mol. The van der Waals surface area contributed by atoms with Gasteiger partial charge in [-0.3, -0.25) is 14.9 Å². The van der Waals surface area contributed by atoms with E-state index in [0.717, 1.165) is 16.7 Å². The first-order valence-electron chi connectivity index (χ1n) is 6.52. The summed E-state index contributed by atoms with van der Waals surface area (Å²) in [6.07, 6.45) is 0. The molecule has 0 aliphatic rings. The van der Waals surface area contributed by atoms with Gasteiger partial charge in [-0.05, 0) is 49.6 Å². The summed E-state index contributed by atoms with van der Waals surface area (Å²) in [5.74, 6) is -0.268. The van der Waals surface area contributed by atoms with Crippen LogP contribution in [0.5, 0.6) is 0 Å². The molecule has 0 fully saturated rings. The fourth-order valence-corrected chi connectivity index (χ4v) is 2.10. The molecule has 2 aromatic rings. The van der Waals surface area contributed by atoms with Crippen molar-refractivity contribution in [3.8, 4) is 0 Å². The van der Waals surface area contributed by atoms with Gasteiger partial charge in [0, 0.05) is 23.4 Å². The molecule has 108 valence electrons. The van der Waals surface area contributed by atoms with Crippen molar-refractivity contribution in [1.82, 2.24) is 0 Å². The van der Waals surface area contributed by atoms with Gasteiger partial charge in [-0.1, -0.05) is 12.1 Å². The monoisotopic (exact) mass is 284 g/mol. The number of nitrogens with one attached hydrogen (secondary N) is 1. The van der Waals surface area contributed by atoms with Crippen molar-refractivity contribution in [3.05, 3.63) is 68.8 Å². The second-order valence-corrected chi connectivity index (χ2v) is 5.01. The first-order chi connectivity index (χ1) is 9.88. The number of hydrogen-bond acceptors (Lipinski definition) is 3. The molecule has 1 N–H and O–H groups in total. The quantitative estimate of drug-likeness (QED) is 0.688. The SMILES string of the molecule is Cc1cc(C)c(C(=O)Nc2cccc([N+](=O)[O-])c2)cc1C. The highest BCUT2D eigenvalue weighted by atomic mass is 16.6. The number of nitro benzene ring substituents is 1. The molecule has 0 aromatic heterocycles. The number of aryl methyl sites for hydroxylation is 3. The van der Waals surface area contributed by atoms with Gasteiger partial charge in [0.1, 0.15) is 0 Å². The zero-order valence-corrected chi connectivity index (χ0v) is 12.1. The number of rotatable bonds is 3. The maximum atomic E-state index is 12.3. The van der Waals surface area contributed by atoms with Gasteiger partial charge in [-0.15, -0.1) is 0 Å². The zero-order chi connectivity index (χ0) is 15.6. The largest absolute Gasteiger partial charge is 0.322 e. The van der Waals surface area contributed by atoms with Crippen molar-refractivity contribution >= 4 is 17.3 Å². The molecule has 2 aromatic carbocycles. The summed E-state index contributed by atoms with van der Waals surface area (Å²) in [4.78, 5) is 22.5. The van der Waals surface area contributed by atoms with Crippen LogP contribution in [0.4, 0.5) is 11.4 Å². The maximum Gasteiger partial charge on any atom is 0.271 e. The molecule has 0 saturated carbocycles. The number of amides is 1. The van der Waals surface area contributed by atoms with E-state index >= 15 is 0 Å². The van der Waals surface area contributed by atoms with E-state index in [9.17, 15) is 14.9 Å². The number of carbonyl (C=O) groups is 1. The van der Waals surface area contributed by atoms with Crippen LogP contribution in [-0.4, -0.2) is 10.8 Å². The Morgan fingerprint density at radius 1 is 1.05 bits per heavy atom. The van der Waals surface area contributed by atoms with Crippen LogP contribution < -0.4 is 5.32 Å². The van der Waals surface area contributed by atoms with Crippen LogP contribution in [0.2, 0.25) is 0 Å². The van der Waals surface area contributed by atoms with Gasteiger partial charge >= 0.3 is 0 Å². The highest BCUT2D eigenvalue weighted by Crippen LogP contribution is 2.20. The Morgan fingerprint density at radius 2 is 1.71 bits per heavy atom. The van der Waals surface area contributed by atoms with E-state index in [1.807, 2.05) is 32.9 Å². The minimum Gasteiger partial charge on any atom is -0.322 e. The van der Waals surface area contributed by atoms with E-state index < -0.39 is 4.92 Å². The topological polar surface area (TPSA) is 72.2 Å². The molecule has 1 amide bonds.